The monoisotopic (exact) mass is 314 g/mol. The van der Waals surface area contributed by atoms with Gasteiger partial charge in [0.1, 0.15) is 18.2 Å². The fourth-order valence-electron chi connectivity index (χ4n) is 1.70. The van der Waals surface area contributed by atoms with Gasteiger partial charge >= 0.3 is 11.9 Å². The van der Waals surface area contributed by atoms with E-state index < -0.39 is 23.6 Å². The van der Waals surface area contributed by atoms with Crippen molar-refractivity contribution in [1.82, 2.24) is 0 Å². The molecule has 0 aliphatic carbocycles. The van der Waals surface area contributed by atoms with Gasteiger partial charge in [-0.15, -0.1) is 0 Å². The number of hydrogen-bond acceptors (Lipinski definition) is 4. The molecule has 0 amide bonds. The number of rotatable bonds is 9. The average Bonchev–Trinajstić information content (AvgIpc) is 2.50. The fraction of sp³-hybridized carbons (Fsp3) is 0.500. The molecule has 6 heteroatoms. The maximum Gasteiger partial charge on any atom is 0.306 e. The maximum atomic E-state index is 13.3. The Kier molecular flexibility index (Phi) is 8.10. The highest BCUT2D eigenvalue weighted by atomic mass is 19.1. The third-order valence-electron chi connectivity index (χ3n) is 2.94. The summed E-state index contributed by atoms with van der Waals surface area (Å²) in [7, 11) is 0. The summed E-state index contributed by atoms with van der Waals surface area (Å²) in [5, 5.41) is 0. The Morgan fingerprint density at radius 2 is 1.73 bits per heavy atom. The van der Waals surface area contributed by atoms with Crippen LogP contribution in [-0.2, 0) is 25.7 Å². The standard InChI is InChI=1S/C16H20F2O4/c1-2-3-4-9-21-15(19)7-8-16(20)22-11-12-10-13(17)5-6-14(12)18/h5-6,10H,2-4,7-9,11H2,1H3. The van der Waals surface area contributed by atoms with Crippen molar-refractivity contribution >= 4 is 11.9 Å². The van der Waals surface area contributed by atoms with E-state index in [1.54, 1.807) is 0 Å². The first-order chi connectivity index (χ1) is 10.5. The predicted octanol–water partition coefficient (Wildman–Crippen LogP) is 3.52. The number of ether oxygens (including phenoxy) is 2. The third kappa shape index (κ3) is 7.15. The molecule has 0 N–H and O–H groups in total. The number of esters is 2. The smallest absolute Gasteiger partial charge is 0.306 e. The van der Waals surface area contributed by atoms with Gasteiger partial charge < -0.3 is 9.47 Å². The van der Waals surface area contributed by atoms with Crippen LogP contribution in [0.5, 0.6) is 0 Å². The molecular weight excluding hydrogens is 294 g/mol. The minimum Gasteiger partial charge on any atom is -0.466 e. The van der Waals surface area contributed by atoms with E-state index in [0.717, 1.165) is 37.5 Å². The second kappa shape index (κ2) is 9.87. The largest absolute Gasteiger partial charge is 0.466 e. The minimum absolute atomic E-state index is 0.0458. The van der Waals surface area contributed by atoms with Gasteiger partial charge in [0.15, 0.2) is 0 Å². The quantitative estimate of drug-likeness (QED) is 0.517. The van der Waals surface area contributed by atoms with E-state index in [1.807, 2.05) is 6.92 Å². The van der Waals surface area contributed by atoms with E-state index in [1.165, 1.54) is 0 Å². The van der Waals surface area contributed by atoms with Crippen LogP contribution in [0.25, 0.3) is 0 Å². The van der Waals surface area contributed by atoms with E-state index >= 15 is 0 Å². The molecule has 1 rings (SSSR count). The Morgan fingerprint density at radius 1 is 1.05 bits per heavy atom. The van der Waals surface area contributed by atoms with Crippen LogP contribution in [0.4, 0.5) is 8.78 Å². The zero-order valence-electron chi connectivity index (χ0n) is 12.6. The lowest BCUT2D eigenvalue weighted by atomic mass is 10.2. The van der Waals surface area contributed by atoms with Gasteiger partial charge in [-0.05, 0) is 24.6 Å². The van der Waals surface area contributed by atoms with Crippen molar-refractivity contribution in [1.29, 1.82) is 0 Å². The van der Waals surface area contributed by atoms with Crippen molar-refractivity contribution in [2.24, 2.45) is 0 Å². The van der Waals surface area contributed by atoms with E-state index in [4.69, 9.17) is 9.47 Å². The van der Waals surface area contributed by atoms with Crippen LogP contribution in [0.15, 0.2) is 18.2 Å². The first-order valence-electron chi connectivity index (χ1n) is 7.28. The highest BCUT2D eigenvalue weighted by Gasteiger charge is 2.11. The van der Waals surface area contributed by atoms with E-state index in [9.17, 15) is 18.4 Å². The summed E-state index contributed by atoms with van der Waals surface area (Å²) in [6.07, 6.45) is 2.57. The normalized spacial score (nSPS) is 10.3. The Balaban J connectivity index is 2.23. The van der Waals surface area contributed by atoms with Crippen molar-refractivity contribution < 1.29 is 27.8 Å². The number of carbonyl (C=O) groups excluding carboxylic acids is 2. The van der Waals surface area contributed by atoms with Gasteiger partial charge in [-0.3, -0.25) is 9.59 Å². The molecule has 0 unspecified atom stereocenters. The zero-order chi connectivity index (χ0) is 16.4. The van der Waals surface area contributed by atoms with Crippen LogP contribution in [0.2, 0.25) is 0 Å². The van der Waals surface area contributed by atoms with Crippen LogP contribution in [0, 0.1) is 11.6 Å². The number of unbranched alkanes of at least 4 members (excludes halogenated alkanes) is 2. The van der Waals surface area contributed by atoms with E-state index in [-0.39, 0.29) is 25.0 Å². The highest BCUT2D eigenvalue weighted by molar-refractivity contribution is 5.77. The van der Waals surface area contributed by atoms with Crippen LogP contribution in [0.1, 0.15) is 44.6 Å². The summed E-state index contributed by atoms with van der Waals surface area (Å²) < 4.78 is 36.0. The molecule has 0 heterocycles. The first kappa shape index (κ1) is 18.1. The van der Waals surface area contributed by atoms with Gasteiger partial charge in [-0.2, -0.15) is 0 Å². The molecule has 1 aromatic carbocycles. The molecule has 0 aromatic heterocycles. The van der Waals surface area contributed by atoms with Crippen LogP contribution >= 0.6 is 0 Å². The lowest BCUT2D eigenvalue weighted by Gasteiger charge is -2.06. The summed E-state index contributed by atoms with van der Waals surface area (Å²) in [5.41, 5.74) is -0.0458. The molecule has 0 spiro atoms. The van der Waals surface area contributed by atoms with Crippen LogP contribution in [0.3, 0.4) is 0 Å². The maximum absolute atomic E-state index is 13.3. The Morgan fingerprint density at radius 3 is 2.41 bits per heavy atom. The van der Waals surface area contributed by atoms with Gasteiger partial charge in [-0.25, -0.2) is 8.78 Å². The van der Waals surface area contributed by atoms with Gasteiger partial charge in [0, 0.05) is 5.56 Å². The second-order valence-electron chi connectivity index (χ2n) is 4.82. The SMILES string of the molecule is CCCCCOC(=O)CCC(=O)OCc1cc(F)ccc1F. The Hall–Kier alpha value is -1.98. The van der Waals surface area contributed by atoms with Crippen LogP contribution in [-0.4, -0.2) is 18.5 Å². The topological polar surface area (TPSA) is 52.6 Å². The molecule has 0 saturated heterocycles. The first-order valence-corrected chi connectivity index (χ1v) is 7.28. The molecule has 0 atom stereocenters. The van der Waals surface area contributed by atoms with Gasteiger partial charge in [-0.1, -0.05) is 19.8 Å². The minimum atomic E-state index is -0.658. The highest BCUT2D eigenvalue weighted by Crippen LogP contribution is 2.11. The summed E-state index contributed by atoms with van der Waals surface area (Å²) in [4.78, 5) is 22.8. The number of carbonyl (C=O) groups is 2. The summed E-state index contributed by atoms with van der Waals surface area (Å²) in [5.74, 6) is -2.38. The Labute approximate surface area is 128 Å². The van der Waals surface area contributed by atoms with Gasteiger partial charge in [0.25, 0.3) is 0 Å². The average molecular weight is 314 g/mol. The molecule has 0 aliphatic heterocycles. The number of halogens is 2. The lowest BCUT2D eigenvalue weighted by molar-refractivity contribution is -0.151. The molecular formula is C16H20F2O4. The predicted molar refractivity (Wildman–Crippen MR) is 75.9 cm³/mol. The molecule has 1 aromatic rings. The van der Waals surface area contributed by atoms with Crippen LogP contribution < -0.4 is 0 Å². The van der Waals surface area contributed by atoms with E-state index in [0.29, 0.717) is 6.61 Å². The fourth-order valence-corrected chi connectivity index (χ4v) is 1.70. The molecule has 22 heavy (non-hydrogen) atoms. The molecule has 0 bridgehead atoms. The van der Waals surface area contributed by atoms with Gasteiger partial charge in [0.2, 0.25) is 0 Å². The molecule has 122 valence electrons. The third-order valence-corrected chi connectivity index (χ3v) is 2.94. The van der Waals surface area contributed by atoms with Crippen molar-refractivity contribution in [2.45, 2.75) is 45.6 Å². The number of benzene rings is 1. The summed E-state index contributed by atoms with van der Waals surface area (Å²) in [6, 6.07) is 2.91. The summed E-state index contributed by atoms with van der Waals surface area (Å²) >= 11 is 0. The zero-order valence-corrected chi connectivity index (χ0v) is 12.6. The second-order valence-corrected chi connectivity index (χ2v) is 4.82. The summed E-state index contributed by atoms with van der Waals surface area (Å²) in [6.45, 7) is 2.02. The molecule has 0 radical (unpaired) electrons. The molecule has 0 saturated carbocycles. The van der Waals surface area contributed by atoms with Crippen molar-refractivity contribution in [3.63, 3.8) is 0 Å². The van der Waals surface area contributed by atoms with Gasteiger partial charge in [0.05, 0.1) is 19.4 Å². The number of hydrogen-bond donors (Lipinski definition) is 0. The molecule has 4 nitrogen and oxygen atoms in total. The Bertz CT molecular complexity index is 503. The molecule has 0 fully saturated rings. The molecule has 0 aliphatic rings. The van der Waals surface area contributed by atoms with Crippen molar-refractivity contribution in [3.05, 3.63) is 35.4 Å². The van der Waals surface area contributed by atoms with E-state index in [2.05, 4.69) is 0 Å². The van der Waals surface area contributed by atoms with Crippen molar-refractivity contribution in [2.75, 3.05) is 6.61 Å². The van der Waals surface area contributed by atoms with Crippen molar-refractivity contribution in [3.8, 4) is 0 Å². The lowest BCUT2D eigenvalue weighted by Crippen LogP contribution is -2.11.